The molecule has 0 aromatic heterocycles. The van der Waals surface area contributed by atoms with Gasteiger partial charge in [0.1, 0.15) is 0 Å². The molecule has 0 amide bonds. The molecular formula is C15H22N2. The van der Waals surface area contributed by atoms with Crippen molar-refractivity contribution < 1.29 is 0 Å². The molecule has 1 fully saturated rings. The topological polar surface area (TPSA) is 15.3 Å². The summed E-state index contributed by atoms with van der Waals surface area (Å²) in [5, 5.41) is 3.50. The Balaban J connectivity index is 1.87. The van der Waals surface area contributed by atoms with Crippen LogP contribution in [0.25, 0.3) is 6.08 Å². The van der Waals surface area contributed by atoms with E-state index in [1.807, 2.05) is 0 Å². The van der Waals surface area contributed by atoms with E-state index >= 15 is 0 Å². The molecule has 0 unspecified atom stereocenters. The minimum atomic E-state index is 0.608. The zero-order valence-electron chi connectivity index (χ0n) is 10.8. The van der Waals surface area contributed by atoms with Crippen molar-refractivity contribution in [2.75, 3.05) is 19.6 Å². The van der Waals surface area contributed by atoms with Crippen LogP contribution in [0.15, 0.2) is 36.4 Å². The molecule has 0 bridgehead atoms. The molecule has 0 radical (unpaired) electrons. The van der Waals surface area contributed by atoms with E-state index in [1.54, 1.807) is 0 Å². The van der Waals surface area contributed by atoms with Crippen LogP contribution in [0.4, 0.5) is 0 Å². The molecule has 0 aliphatic carbocycles. The highest BCUT2D eigenvalue weighted by atomic mass is 15.2. The van der Waals surface area contributed by atoms with Gasteiger partial charge in [-0.1, -0.05) is 42.5 Å². The number of rotatable bonds is 3. The van der Waals surface area contributed by atoms with Crippen LogP contribution >= 0.6 is 0 Å². The smallest absolute Gasteiger partial charge is 0.0196 e. The Morgan fingerprint density at radius 2 is 2.06 bits per heavy atom. The molecule has 0 spiro atoms. The van der Waals surface area contributed by atoms with Crippen LogP contribution in [0.5, 0.6) is 0 Å². The van der Waals surface area contributed by atoms with Gasteiger partial charge in [-0.05, 0) is 19.4 Å². The average Bonchev–Trinajstić information content (AvgIpc) is 2.35. The van der Waals surface area contributed by atoms with Gasteiger partial charge in [-0.3, -0.25) is 4.90 Å². The highest BCUT2D eigenvalue weighted by Crippen LogP contribution is 2.07. The monoisotopic (exact) mass is 230 g/mol. The summed E-state index contributed by atoms with van der Waals surface area (Å²) in [4.78, 5) is 2.53. The quantitative estimate of drug-likeness (QED) is 0.857. The highest BCUT2D eigenvalue weighted by Gasteiger charge is 2.20. The van der Waals surface area contributed by atoms with Crippen molar-refractivity contribution in [1.29, 1.82) is 0 Å². The molecule has 2 rings (SSSR count). The number of nitrogens with one attached hydrogen (secondary N) is 1. The van der Waals surface area contributed by atoms with Crippen molar-refractivity contribution in [2.24, 2.45) is 0 Å². The second-order valence-electron chi connectivity index (χ2n) is 4.93. The minimum absolute atomic E-state index is 0.608. The molecule has 1 aromatic carbocycles. The molecule has 1 N–H and O–H groups in total. The fourth-order valence-electron chi connectivity index (χ4n) is 2.24. The van der Waals surface area contributed by atoms with Crippen molar-refractivity contribution in [1.82, 2.24) is 10.2 Å². The van der Waals surface area contributed by atoms with Crippen LogP contribution in [0, 0.1) is 0 Å². The van der Waals surface area contributed by atoms with Crippen LogP contribution in [-0.4, -0.2) is 36.6 Å². The van der Waals surface area contributed by atoms with Crippen molar-refractivity contribution in [3.05, 3.63) is 42.0 Å². The Labute approximate surface area is 104 Å². The highest BCUT2D eigenvalue weighted by molar-refractivity contribution is 5.48. The zero-order valence-corrected chi connectivity index (χ0v) is 10.8. The number of nitrogens with zero attached hydrogens (tertiary/aromatic N) is 1. The summed E-state index contributed by atoms with van der Waals surface area (Å²) in [6.45, 7) is 7.82. The van der Waals surface area contributed by atoms with E-state index in [0.717, 1.165) is 19.6 Å². The summed E-state index contributed by atoms with van der Waals surface area (Å²) in [6.07, 6.45) is 4.48. The molecule has 92 valence electrons. The Hall–Kier alpha value is -1.12. The minimum Gasteiger partial charge on any atom is -0.311 e. The first kappa shape index (κ1) is 12.3. The van der Waals surface area contributed by atoms with Crippen LogP contribution in [0.3, 0.4) is 0 Å². The number of piperazine rings is 1. The second kappa shape index (κ2) is 5.99. The molecular weight excluding hydrogens is 208 g/mol. The van der Waals surface area contributed by atoms with E-state index in [1.165, 1.54) is 5.56 Å². The van der Waals surface area contributed by atoms with Gasteiger partial charge in [0.15, 0.2) is 0 Å². The Morgan fingerprint density at radius 3 is 2.82 bits per heavy atom. The molecule has 2 atom stereocenters. The van der Waals surface area contributed by atoms with E-state index < -0.39 is 0 Å². The maximum atomic E-state index is 3.50. The van der Waals surface area contributed by atoms with Gasteiger partial charge in [-0.15, -0.1) is 0 Å². The van der Waals surface area contributed by atoms with E-state index in [4.69, 9.17) is 0 Å². The third-order valence-electron chi connectivity index (χ3n) is 3.34. The van der Waals surface area contributed by atoms with Gasteiger partial charge in [0.05, 0.1) is 0 Å². The Morgan fingerprint density at radius 1 is 1.29 bits per heavy atom. The van der Waals surface area contributed by atoms with Crippen LogP contribution in [-0.2, 0) is 0 Å². The Bertz CT molecular complexity index is 358. The third-order valence-corrected chi connectivity index (χ3v) is 3.34. The third kappa shape index (κ3) is 3.69. The van der Waals surface area contributed by atoms with Crippen molar-refractivity contribution in [3.63, 3.8) is 0 Å². The summed E-state index contributed by atoms with van der Waals surface area (Å²) in [5.74, 6) is 0. The average molecular weight is 230 g/mol. The maximum Gasteiger partial charge on any atom is 0.0196 e. The maximum absolute atomic E-state index is 3.50. The fourth-order valence-corrected chi connectivity index (χ4v) is 2.24. The summed E-state index contributed by atoms with van der Waals surface area (Å²) in [7, 11) is 0. The first-order valence-electron chi connectivity index (χ1n) is 6.45. The van der Waals surface area contributed by atoms with Gasteiger partial charge >= 0.3 is 0 Å². The normalized spacial score (nSPS) is 26.5. The van der Waals surface area contributed by atoms with Gasteiger partial charge < -0.3 is 5.32 Å². The lowest BCUT2D eigenvalue weighted by atomic mass is 10.1. The Kier molecular flexibility index (Phi) is 4.35. The lowest BCUT2D eigenvalue weighted by Gasteiger charge is -2.36. The molecule has 0 saturated carbocycles. The summed E-state index contributed by atoms with van der Waals surface area (Å²) >= 11 is 0. The molecule has 2 nitrogen and oxygen atoms in total. The number of hydrogen-bond donors (Lipinski definition) is 1. The molecule has 17 heavy (non-hydrogen) atoms. The van der Waals surface area contributed by atoms with E-state index in [2.05, 4.69) is 66.5 Å². The van der Waals surface area contributed by atoms with Gasteiger partial charge in [-0.25, -0.2) is 0 Å². The lowest BCUT2D eigenvalue weighted by Crippen LogP contribution is -2.54. The summed E-state index contributed by atoms with van der Waals surface area (Å²) < 4.78 is 0. The largest absolute Gasteiger partial charge is 0.311 e. The molecule has 1 heterocycles. The van der Waals surface area contributed by atoms with E-state index in [0.29, 0.717) is 12.1 Å². The van der Waals surface area contributed by atoms with Crippen LogP contribution in [0.1, 0.15) is 19.4 Å². The zero-order chi connectivity index (χ0) is 12.1. The predicted octanol–water partition coefficient (Wildman–Crippen LogP) is 2.38. The molecule has 1 aliphatic rings. The SMILES string of the molecule is C[C@@H]1CN(C/C=C/c2ccccc2)[C@H](C)CN1. The summed E-state index contributed by atoms with van der Waals surface area (Å²) in [5.41, 5.74) is 1.28. The first-order chi connectivity index (χ1) is 8.25. The van der Waals surface area contributed by atoms with Gasteiger partial charge in [0.2, 0.25) is 0 Å². The van der Waals surface area contributed by atoms with Gasteiger partial charge in [0, 0.05) is 31.7 Å². The second-order valence-corrected chi connectivity index (χ2v) is 4.93. The molecule has 1 aliphatic heterocycles. The molecule has 2 heteroatoms. The number of benzene rings is 1. The van der Waals surface area contributed by atoms with Crippen molar-refractivity contribution in [2.45, 2.75) is 25.9 Å². The molecule has 1 aromatic rings. The number of hydrogen-bond acceptors (Lipinski definition) is 2. The predicted molar refractivity (Wildman–Crippen MR) is 74.0 cm³/mol. The standard InChI is InChI=1S/C15H22N2/c1-13-12-17(14(2)11-16-13)10-6-9-15-7-4-3-5-8-15/h3-9,13-14,16H,10-12H2,1-2H3/b9-6+/t13-,14-/m1/s1. The lowest BCUT2D eigenvalue weighted by molar-refractivity contribution is 0.163. The fraction of sp³-hybridized carbons (Fsp3) is 0.467. The summed E-state index contributed by atoms with van der Waals surface area (Å²) in [6, 6.07) is 11.7. The van der Waals surface area contributed by atoms with E-state index in [9.17, 15) is 0 Å². The van der Waals surface area contributed by atoms with Crippen molar-refractivity contribution >= 4 is 6.08 Å². The van der Waals surface area contributed by atoms with E-state index in [-0.39, 0.29) is 0 Å². The molecule has 1 saturated heterocycles. The van der Waals surface area contributed by atoms with Crippen LogP contribution in [0.2, 0.25) is 0 Å². The van der Waals surface area contributed by atoms with Crippen LogP contribution < -0.4 is 5.32 Å². The first-order valence-corrected chi connectivity index (χ1v) is 6.45. The van der Waals surface area contributed by atoms with Crippen molar-refractivity contribution in [3.8, 4) is 0 Å². The van der Waals surface area contributed by atoms with Gasteiger partial charge in [0.25, 0.3) is 0 Å². The van der Waals surface area contributed by atoms with Gasteiger partial charge in [-0.2, -0.15) is 0 Å².